The number of primary amides is 1. The minimum atomic E-state index is -1.31. The van der Waals surface area contributed by atoms with Crippen molar-refractivity contribution in [3.63, 3.8) is 0 Å². The van der Waals surface area contributed by atoms with Gasteiger partial charge in [-0.2, -0.15) is 0 Å². The molecule has 0 saturated heterocycles. The van der Waals surface area contributed by atoms with E-state index in [4.69, 9.17) is 29.4 Å². The molecule has 5 aromatic carbocycles. The van der Waals surface area contributed by atoms with E-state index in [1.54, 1.807) is 44.6 Å². The molecule has 0 aliphatic carbocycles. The number of carbonyl (C=O) groups is 3. The minimum absolute atomic E-state index is 0.0753. The number of ether oxygens (including phenoxy) is 5. The highest BCUT2D eigenvalue weighted by molar-refractivity contribution is 8.01. The van der Waals surface area contributed by atoms with Crippen molar-refractivity contribution in [2.75, 3.05) is 27.4 Å². The summed E-state index contributed by atoms with van der Waals surface area (Å²) >= 11 is 1.52. The van der Waals surface area contributed by atoms with Crippen LogP contribution in [0.2, 0.25) is 0 Å². The molecule has 0 radical (unpaired) electrons. The molecule has 2 atom stereocenters. The maximum Gasteiger partial charge on any atom is 0.513 e. The van der Waals surface area contributed by atoms with Crippen LogP contribution in [0.1, 0.15) is 48.6 Å². The Hall–Kier alpha value is -6.20. The largest absolute Gasteiger partial charge is 0.513 e. The summed E-state index contributed by atoms with van der Waals surface area (Å²) in [4.78, 5) is 39.0. The second kappa shape index (κ2) is 19.6. The van der Waals surface area contributed by atoms with Crippen molar-refractivity contribution in [3.8, 4) is 17.2 Å². The molecule has 0 saturated carbocycles. The Labute approximate surface area is 338 Å². The van der Waals surface area contributed by atoms with E-state index in [9.17, 15) is 14.4 Å². The second-order valence-electron chi connectivity index (χ2n) is 14.1. The normalized spacial score (nSPS) is 12.6. The van der Waals surface area contributed by atoms with Crippen LogP contribution in [0.5, 0.6) is 17.2 Å². The van der Waals surface area contributed by atoms with E-state index in [1.165, 1.54) is 11.8 Å². The van der Waals surface area contributed by atoms with Crippen molar-refractivity contribution >= 4 is 42.1 Å². The zero-order valence-electron chi connectivity index (χ0n) is 32.7. The predicted octanol–water partition coefficient (Wildman–Crippen LogP) is 9.11. The molecule has 2 unspecified atom stereocenters. The summed E-state index contributed by atoms with van der Waals surface area (Å²) in [6.45, 7) is 5.69. The SMILES string of the molecule is COc1cc(C=Cc2ccc(OC(=O)OCCNC(=O)C(OC(N)=O)C(SC(c3ccccc3)(c3ccccc3)c3ccccc3)C(C)(C)C)cc2)cc(OC)c1. The Bertz CT molecular complexity index is 1990. The van der Waals surface area contributed by atoms with Gasteiger partial charge in [-0.1, -0.05) is 136 Å². The Morgan fingerprint density at radius 1 is 0.684 bits per heavy atom. The van der Waals surface area contributed by atoms with Crippen molar-refractivity contribution in [1.29, 1.82) is 0 Å². The molecular weight excluding hydrogens is 741 g/mol. The second-order valence-corrected chi connectivity index (χ2v) is 15.4. The molecule has 0 aromatic heterocycles. The lowest BCUT2D eigenvalue weighted by Crippen LogP contribution is -2.51. The smallest absolute Gasteiger partial charge is 0.497 e. The lowest BCUT2D eigenvalue weighted by atomic mass is 9.84. The molecule has 2 amide bonds. The van der Waals surface area contributed by atoms with Crippen LogP contribution in [0.4, 0.5) is 9.59 Å². The predicted molar refractivity (Wildman–Crippen MR) is 224 cm³/mol. The van der Waals surface area contributed by atoms with Crippen LogP contribution in [0.15, 0.2) is 133 Å². The number of nitrogens with two attached hydrogens (primary N) is 1. The first kappa shape index (κ1) is 42.0. The van der Waals surface area contributed by atoms with E-state index in [2.05, 4.69) is 41.7 Å². The number of amides is 2. The molecular formula is C46H48N2O8S. The van der Waals surface area contributed by atoms with Gasteiger partial charge in [-0.15, -0.1) is 11.8 Å². The zero-order valence-corrected chi connectivity index (χ0v) is 33.5. The first-order valence-corrected chi connectivity index (χ1v) is 19.2. The van der Waals surface area contributed by atoms with E-state index in [1.807, 2.05) is 99.7 Å². The van der Waals surface area contributed by atoms with Crippen molar-refractivity contribution in [2.45, 2.75) is 36.9 Å². The third kappa shape index (κ3) is 11.2. The summed E-state index contributed by atoms with van der Waals surface area (Å²) in [5.41, 5.74) is 9.70. The zero-order chi connectivity index (χ0) is 40.8. The first-order chi connectivity index (χ1) is 27.4. The summed E-state index contributed by atoms with van der Waals surface area (Å²) in [5.74, 6) is 1.05. The van der Waals surface area contributed by atoms with Gasteiger partial charge in [-0.25, -0.2) is 9.59 Å². The van der Waals surface area contributed by atoms with Crippen LogP contribution in [0.3, 0.4) is 0 Å². The number of methoxy groups -OCH3 is 2. The molecule has 5 rings (SSSR count). The van der Waals surface area contributed by atoms with Gasteiger partial charge in [0.25, 0.3) is 5.91 Å². The van der Waals surface area contributed by atoms with Crippen molar-refractivity contribution in [3.05, 3.63) is 161 Å². The molecule has 5 aromatic rings. The van der Waals surface area contributed by atoms with Gasteiger partial charge in [-0.3, -0.25) is 4.79 Å². The maximum absolute atomic E-state index is 14.0. The number of hydrogen-bond acceptors (Lipinski definition) is 9. The average Bonchev–Trinajstić information content (AvgIpc) is 3.22. The molecule has 0 bridgehead atoms. The van der Waals surface area contributed by atoms with Gasteiger partial charge in [0.05, 0.1) is 30.8 Å². The Kier molecular flexibility index (Phi) is 14.4. The molecule has 11 heteroatoms. The van der Waals surface area contributed by atoms with Gasteiger partial charge in [0.15, 0.2) is 6.10 Å². The standard InChI is InChI=1S/C46H48N2O8S/c1-45(2,3)41(57-46(34-15-9-6-10-16-34,35-17-11-7-12-18-35)36-19-13-8-14-20-36)40(56-43(47)50)42(49)48-27-28-54-44(51)55-37-25-23-32(24-26-37)21-22-33-29-38(52-4)31-39(30-33)53-5/h6-26,29-31,40-41H,27-28H2,1-5H3,(H2,47,50)(H,48,49). The van der Waals surface area contributed by atoms with Gasteiger partial charge in [0, 0.05) is 6.07 Å². The van der Waals surface area contributed by atoms with Crippen LogP contribution in [-0.2, 0) is 19.0 Å². The van der Waals surface area contributed by atoms with E-state index < -0.39 is 39.7 Å². The highest BCUT2D eigenvalue weighted by Gasteiger charge is 2.48. The summed E-state index contributed by atoms with van der Waals surface area (Å²) < 4.78 is 26.1. The minimum Gasteiger partial charge on any atom is -0.497 e. The number of carbonyl (C=O) groups excluding carboxylic acids is 3. The van der Waals surface area contributed by atoms with Gasteiger partial charge >= 0.3 is 12.2 Å². The third-order valence-corrected chi connectivity index (χ3v) is 11.3. The maximum atomic E-state index is 14.0. The van der Waals surface area contributed by atoms with Gasteiger partial charge < -0.3 is 34.7 Å². The van der Waals surface area contributed by atoms with Crippen LogP contribution in [0.25, 0.3) is 12.2 Å². The lowest BCUT2D eigenvalue weighted by Gasteiger charge is -2.44. The van der Waals surface area contributed by atoms with Crippen molar-refractivity contribution in [1.82, 2.24) is 5.32 Å². The van der Waals surface area contributed by atoms with Gasteiger partial charge in [0.2, 0.25) is 0 Å². The number of nitrogens with one attached hydrogen (secondary N) is 1. The molecule has 0 spiro atoms. The number of hydrogen-bond donors (Lipinski definition) is 2. The molecule has 10 nitrogen and oxygen atoms in total. The number of benzene rings is 5. The van der Waals surface area contributed by atoms with E-state index in [0.29, 0.717) is 11.5 Å². The summed E-state index contributed by atoms with van der Waals surface area (Å²) in [6, 6.07) is 42.5. The van der Waals surface area contributed by atoms with E-state index in [-0.39, 0.29) is 18.9 Å². The van der Waals surface area contributed by atoms with Gasteiger partial charge in [-0.05, 0) is 57.5 Å². The fourth-order valence-electron chi connectivity index (χ4n) is 6.28. The quantitative estimate of drug-likeness (QED) is 0.0330. The topological polar surface area (TPSA) is 135 Å². The highest BCUT2D eigenvalue weighted by atomic mass is 32.2. The third-order valence-electron chi connectivity index (χ3n) is 9.02. The van der Waals surface area contributed by atoms with Crippen molar-refractivity contribution < 1.29 is 38.1 Å². The van der Waals surface area contributed by atoms with Gasteiger partial charge in [0.1, 0.15) is 23.9 Å². The monoisotopic (exact) mass is 788 g/mol. The summed E-state index contributed by atoms with van der Waals surface area (Å²) in [6.07, 6.45) is 0.478. The Balaban J connectivity index is 1.27. The van der Waals surface area contributed by atoms with Crippen LogP contribution < -0.4 is 25.3 Å². The molecule has 0 heterocycles. The fraction of sp³-hybridized carbons (Fsp3) is 0.239. The molecule has 3 N–H and O–H groups in total. The van der Waals surface area contributed by atoms with E-state index >= 15 is 0 Å². The van der Waals surface area contributed by atoms with Crippen LogP contribution >= 0.6 is 11.8 Å². The molecule has 0 fully saturated rings. The molecule has 0 aliphatic rings. The summed E-state index contributed by atoms with van der Waals surface area (Å²) in [5, 5.41) is 2.14. The van der Waals surface area contributed by atoms with Crippen molar-refractivity contribution in [2.24, 2.45) is 11.1 Å². The molecule has 296 valence electrons. The Morgan fingerprint density at radius 3 is 1.63 bits per heavy atom. The van der Waals surface area contributed by atoms with E-state index in [0.717, 1.165) is 27.8 Å². The first-order valence-electron chi connectivity index (χ1n) is 18.4. The molecule has 0 aliphatic heterocycles. The number of thioether (sulfide) groups is 1. The van der Waals surface area contributed by atoms with Crippen LogP contribution in [0, 0.1) is 5.41 Å². The molecule has 57 heavy (non-hydrogen) atoms. The lowest BCUT2D eigenvalue weighted by molar-refractivity contribution is -0.130. The Morgan fingerprint density at radius 2 is 1.18 bits per heavy atom. The summed E-state index contributed by atoms with van der Waals surface area (Å²) in [7, 11) is 3.19. The average molecular weight is 789 g/mol. The fourth-order valence-corrected chi connectivity index (χ4v) is 8.14. The number of rotatable bonds is 16. The highest BCUT2D eigenvalue weighted by Crippen LogP contribution is 2.54. The van der Waals surface area contributed by atoms with Crippen LogP contribution in [-0.4, -0.2) is 56.9 Å².